The third kappa shape index (κ3) is 6.28. The highest BCUT2D eigenvalue weighted by Crippen LogP contribution is 2.29. The number of ether oxygens (including phenoxy) is 3. The normalized spacial score (nSPS) is 11.6. The summed E-state index contributed by atoms with van der Waals surface area (Å²) in [6.07, 6.45) is -0.996. The molecular formula is C21H24N2O7. The van der Waals surface area contributed by atoms with Crippen LogP contribution in [0.5, 0.6) is 5.75 Å². The van der Waals surface area contributed by atoms with Crippen molar-refractivity contribution in [2.75, 3.05) is 12.4 Å². The zero-order chi connectivity index (χ0) is 22.3. The van der Waals surface area contributed by atoms with Crippen LogP contribution in [-0.4, -0.2) is 36.1 Å². The van der Waals surface area contributed by atoms with E-state index in [4.69, 9.17) is 14.2 Å². The zero-order valence-corrected chi connectivity index (χ0v) is 17.2. The van der Waals surface area contributed by atoms with Crippen LogP contribution in [0.1, 0.15) is 36.7 Å². The van der Waals surface area contributed by atoms with Crippen molar-refractivity contribution in [2.24, 2.45) is 0 Å². The third-order valence-electron chi connectivity index (χ3n) is 4.08. The largest absolute Gasteiger partial charge is 0.494 e. The van der Waals surface area contributed by atoms with E-state index in [1.165, 1.54) is 32.2 Å². The van der Waals surface area contributed by atoms with Crippen molar-refractivity contribution in [1.29, 1.82) is 0 Å². The van der Waals surface area contributed by atoms with E-state index >= 15 is 0 Å². The van der Waals surface area contributed by atoms with E-state index in [-0.39, 0.29) is 23.2 Å². The topological polar surface area (TPSA) is 117 Å². The first-order chi connectivity index (χ1) is 14.2. The molecule has 2 aromatic carbocycles. The van der Waals surface area contributed by atoms with Crippen LogP contribution in [-0.2, 0) is 20.9 Å². The van der Waals surface area contributed by atoms with E-state index in [9.17, 15) is 19.7 Å². The minimum Gasteiger partial charge on any atom is -0.494 e. The third-order valence-corrected chi connectivity index (χ3v) is 4.08. The van der Waals surface area contributed by atoms with Gasteiger partial charge in [0.1, 0.15) is 5.75 Å². The smallest absolute Gasteiger partial charge is 0.338 e. The Morgan fingerprint density at radius 1 is 1.10 bits per heavy atom. The number of rotatable bonds is 9. The molecule has 0 radical (unpaired) electrons. The summed E-state index contributed by atoms with van der Waals surface area (Å²) in [7, 11) is 1.33. The first kappa shape index (κ1) is 22.8. The number of nitrogens with zero attached hydrogens (tertiary/aromatic N) is 1. The number of non-ortho nitro benzene ring substituents is 1. The lowest BCUT2D eigenvalue weighted by atomic mass is 10.1. The molecule has 0 bridgehead atoms. The molecule has 160 valence electrons. The first-order valence-corrected chi connectivity index (χ1v) is 9.26. The van der Waals surface area contributed by atoms with Crippen LogP contribution in [0.15, 0.2) is 42.5 Å². The predicted molar refractivity (Wildman–Crippen MR) is 110 cm³/mol. The Labute approximate surface area is 174 Å². The van der Waals surface area contributed by atoms with Crippen LogP contribution >= 0.6 is 0 Å². The van der Waals surface area contributed by atoms with E-state index in [0.717, 1.165) is 5.56 Å². The SMILES string of the molecule is COc1cc([N+](=O)[O-])ccc1NC(=O)[C@H](C)OC(=O)c1ccc(COC(C)C)cc1. The summed E-state index contributed by atoms with van der Waals surface area (Å²) in [5.74, 6) is -1.13. The molecule has 1 amide bonds. The molecule has 0 spiro atoms. The van der Waals surface area contributed by atoms with Crippen molar-refractivity contribution in [1.82, 2.24) is 0 Å². The van der Waals surface area contributed by atoms with Crippen molar-refractivity contribution in [3.05, 3.63) is 63.7 Å². The molecule has 0 aliphatic carbocycles. The highest BCUT2D eigenvalue weighted by molar-refractivity contribution is 5.98. The summed E-state index contributed by atoms with van der Waals surface area (Å²) in [6.45, 7) is 5.73. The van der Waals surface area contributed by atoms with Gasteiger partial charge in [-0.05, 0) is 44.5 Å². The second-order valence-electron chi connectivity index (χ2n) is 6.74. The molecule has 2 rings (SSSR count). The van der Waals surface area contributed by atoms with Crippen LogP contribution in [0.25, 0.3) is 0 Å². The van der Waals surface area contributed by atoms with E-state index in [1.807, 2.05) is 13.8 Å². The first-order valence-electron chi connectivity index (χ1n) is 9.26. The number of benzene rings is 2. The van der Waals surface area contributed by atoms with Gasteiger partial charge < -0.3 is 19.5 Å². The van der Waals surface area contributed by atoms with Crippen molar-refractivity contribution in [2.45, 2.75) is 39.6 Å². The number of nitrogens with one attached hydrogen (secondary N) is 1. The number of nitro groups is 1. The van der Waals surface area contributed by atoms with E-state index in [0.29, 0.717) is 12.2 Å². The molecule has 1 N–H and O–H groups in total. The number of methoxy groups -OCH3 is 1. The number of anilines is 1. The van der Waals surface area contributed by atoms with Gasteiger partial charge in [-0.25, -0.2) is 4.79 Å². The number of amides is 1. The van der Waals surface area contributed by atoms with Crippen LogP contribution < -0.4 is 10.1 Å². The number of esters is 1. The van der Waals surface area contributed by atoms with E-state index < -0.39 is 22.9 Å². The fourth-order valence-corrected chi connectivity index (χ4v) is 2.41. The molecule has 0 aliphatic heterocycles. The molecule has 0 saturated carbocycles. The molecule has 0 aliphatic rings. The van der Waals surface area contributed by atoms with Gasteiger partial charge in [0.2, 0.25) is 0 Å². The van der Waals surface area contributed by atoms with Crippen LogP contribution in [0.2, 0.25) is 0 Å². The maximum absolute atomic E-state index is 12.4. The molecule has 0 unspecified atom stereocenters. The number of carbonyl (C=O) groups excluding carboxylic acids is 2. The highest BCUT2D eigenvalue weighted by Gasteiger charge is 2.21. The maximum atomic E-state index is 12.4. The Kier molecular flexibility index (Phi) is 7.88. The molecule has 9 heteroatoms. The predicted octanol–water partition coefficient (Wildman–Crippen LogP) is 3.71. The second-order valence-corrected chi connectivity index (χ2v) is 6.74. The molecule has 0 heterocycles. The average molecular weight is 416 g/mol. The van der Waals surface area contributed by atoms with Crippen LogP contribution in [0.4, 0.5) is 11.4 Å². The standard InChI is InChI=1S/C21H24N2O7/c1-13(2)29-12-15-5-7-16(8-6-15)21(25)30-14(3)20(24)22-18-10-9-17(23(26)27)11-19(18)28-4/h5-11,13-14H,12H2,1-4H3,(H,22,24)/t14-/m0/s1. The second kappa shape index (κ2) is 10.4. The van der Waals surface area contributed by atoms with E-state index in [1.54, 1.807) is 24.3 Å². The monoisotopic (exact) mass is 416 g/mol. The number of hydrogen-bond acceptors (Lipinski definition) is 7. The molecule has 30 heavy (non-hydrogen) atoms. The van der Waals surface area contributed by atoms with Gasteiger partial charge in [0, 0.05) is 6.07 Å². The summed E-state index contributed by atoms with van der Waals surface area (Å²) in [5.41, 5.74) is 1.27. The van der Waals surface area contributed by atoms with Crippen molar-refractivity contribution >= 4 is 23.3 Å². The van der Waals surface area contributed by atoms with Crippen molar-refractivity contribution < 1.29 is 28.7 Å². The van der Waals surface area contributed by atoms with Crippen LogP contribution in [0.3, 0.4) is 0 Å². The molecule has 0 saturated heterocycles. The molecular weight excluding hydrogens is 392 g/mol. The average Bonchev–Trinajstić information content (AvgIpc) is 2.72. The van der Waals surface area contributed by atoms with Crippen LogP contribution in [0, 0.1) is 10.1 Å². The minimum absolute atomic E-state index is 0.100. The Hall–Kier alpha value is -3.46. The van der Waals surface area contributed by atoms with Gasteiger partial charge in [0.15, 0.2) is 6.10 Å². The molecule has 2 aromatic rings. The fourth-order valence-electron chi connectivity index (χ4n) is 2.41. The van der Waals surface area contributed by atoms with Crippen molar-refractivity contribution in [3.8, 4) is 5.75 Å². The molecule has 0 fully saturated rings. The molecule has 9 nitrogen and oxygen atoms in total. The van der Waals surface area contributed by atoms with Gasteiger partial charge in [0.25, 0.3) is 11.6 Å². The van der Waals surface area contributed by atoms with Gasteiger partial charge in [-0.1, -0.05) is 12.1 Å². The van der Waals surface area contributed by atoms with Gasteiger partial charge in [-0.2, -0.15) is 0 Å². The van der Waals surface area contributed by atoms with Crippen molar-refractivity contribution in [3.63, 3.8) is 0 Å². The summed E-state index contributed by atoms with van der Waals surface area (Å²) >= 11 is 0. The minimum atomic E-state index is -1.10. The maximum Gasteiger partial charge on any atom is 0.338 e. The highest BCUT2D eigenvalue weighted by atomic mass is 16.6. The summed E-state index contributed by atoms with van der Waals surface area (Å²) in [5, 5.41) is 13.4. The van der Waals surface area contributed by atoms with Gasteiger partial charge in [0.05, 0.1) is 42.1 Å². The lowest BCUT2D eigenvalue weighted by Gasteiger charge is -2.15. The summed E-state index contributed by atoms with van der Waals surface area (Å²) < 4.78 is 15.8. The molecule has 0 aromatic heterocycles. The fraction of sp³-hybridized carbons (Fsp3) is 0.333. The Balaban J connectivity index is 1.98. The quantitative estimate of drug-likeness (QED) is 0.376. The Bertz CT molecular complexity index is 910. The lowest BCUT2D eigenvalue weighted by molar-refractivity contribution is -0.384. The zero-order valence-electron chi connectivity index (χ0n) is 17.2. The summed E-state index contributed by atoms with van der Waals surface area (Å²) in [6, 6.07) is 10.5. The summed E-state index contributed by atoms with van der Waals surface area (Å²) in [4.78, 5) is 35.0. The Morgan fingerprint density at radius 2 is 1.77 bits per heavy atom. The number of hydrogen-bond donors (Lipinski definition) is 1. The Morgan fingerprint density at radius 3 is 2.33 bits per heavy atom. The van der Waals surface area contributed by atoms with Gasteiger partial charge in [-0.3, -0.25) is 14.9 Å². The van der Waals surface area contributed by atoms with Gasteiger partial charge in [-0.15, -0.1) is 0 Å². The molecule has 1 atom stereocenters. The van der Waals surface area contributed by atoms with E-state index in [2.05, 4.69) is 5.32 Å². The van der Waals surface area contributed by atoms with Gasteiger partial charge >= 0.3 is 5.97 Å². The lowest BCUT2D eigenvalue weighted by Crippen LogP contribution is -2.30. The number of nitro benzene ring substituents is 1. The number of carbonyl (C=O) groups is 2.